The van der Waals surface area contributed by atoms with E-state index in [0.717, 1.165) is 16.3 Å². The minimum Gasteiger partial charge on any atom is -0.298 e. The van der Waals surface area contributed by atoms with Crippen LogP contribution in [0.1, 0.15) is 82.1 Å². The Morgan fingerprint density at radius 2 is 1.41 bits per heavy atom. The highest BCUT2D eigenvalue weighted by Crippen LogP contribution is 2.35. The highest BCUT2D eigenvalue weighted by atomic mass is 15.3. The lowest BCUT2D eigenvalue weighted by Gasteiger charge is -2.45. The number of rotatable bonds is 7. The van der Waals surface area contributed by atoms with Gasteiger partial charge in [-0.25, -0.2) is 0 Å². The Labute approximate surface area is 141 Å². The molecule has 22 heavy (non-hydrogen) atoms. The average Bonchev–Trinajstić information content (AvgIpc) is 2.24. The zero-order valence-corrected chi connectivity index (χ0v) is 17.7. The predicted octanol–water partition coefficient (Wildman–Crippen LogP) is 6.50. The van der Waals surface area contributed by atoms with Gasteiger partial charge in [-0.3, -0.25) is 4.48 Å². The Morgan fingerprint density at radius 3 is 1.77 bits per heavy atom. The van der Waals surface area contributed by atoms with E-state index in [4.69, 9.17) is 0 Å². The molecule has 0 aliphatic heterocycles. The number of hydrogen-bond acceptors (Lipinski definition) is 0. The van der Waals surface area contributed by atoms with Crippen LogP contribution in [0.2, 0.25) is 0 Å². The van der Waals surface area contributed by atoms with Crippen LogP contribution in [0, 0.1) is 23.2 Å². The number of nitrogens with zero attached hydrogens (tertiary/aromatic N) is 1. The standard InChI is InChI=1S/C21H44N/c1-16(2)17(3)13-18(4)19(5)14-22(11,12)21(9,10)15-20(6,7)8/h14,16-18H,13,15H2,1-12H3/q+1/b19-14+. The van der Waals surface area contributed by atoms with Gasteiger partial charge in [-0.1, -0.05) is 48.5 Å². The maximum Gasteiger partial charge on any atom is 0.0978 e. The van der Waals surface area contributed by atoms with Crippen LogP contribution in [0.4, 0.5) is 0 Å². The molecule has 2 atom stereocenters. The quantitative estimate of drug-likeness (QED) is 0.471. The summed E-state index contributed by atoms with van der Waals surface area (Å²) in [6, 6.07) is 0. The Balaban J connectivity index is 5.13. The Bertz CT molecular complexity index is 366. The van der Waals surface area contributed by atoms with Crippen molar-refractivity contribution in [2.45, 2.75) is 87.6 Å². The van der Waals surface area contributed by atoms with Crippen LogP contribution in [0.15, 0.2) is 11.8 Å². The SMILES string of the molecule is C/C(=C\[N+](C)(C)C(C)(C)CC(C)(C)C)C(C)CC(C)C(C)C. The van der Waals surface area contributed by atoms with Crippen molar-refractivity contribution >= 4 is 0 Å². The molecule has 0 aromatic heterocycles. The Kier molecular flexibility index (Phi) is 7.41. The minimum absolute atomic E-state index is 0.239. The van der Waals surface area contributed by atoms with Gasteiger partial charge in [-0.05, 0) is 55.9 Å². The van der Waals surface area contributed by atoms with E-state index in [9.17, 15) is 0 Å². The number of hydrogen-bond donors (Lipinski definition) is 0. The van der Waals surface area contributed by atoms with Crippen molar-refractivity contribution in [2.75, 3.05) is 14.1 Å². The van der Waals surface area contributed by atoms with Crippen LogP contribution >= 0.6 is 0 Å². The number of quaternary nitrogens is 1. The van der Waals surface area contributed by atoms with Gasteiger partial charge in [0.15, 0.2) is 0 Å². The van der Waals surface area contributed by atoms with Crippen LogP contribution in [0.3, 0.4) is 0 Å². The fourth-order valence-corrected chi connectivity index (χ4v) is 3.33. The summed E-state index contributed by atoms with van der Waals surface area (Å²) < 4.78 is 0.955. The van der Waals surface area contributed by atoms with Crippen molar-refractivity contribution in [3.8, 4) is 0 Å². The third-order valence-corrected chi connectivity index (χ3v) is 5.69. The van der Waals surface area contributed by atoms with E-state index in [1.165, 1.54) is 12.8 Å². The fraction of sp³-hybridized carbons (Fsp3) is 0.905. The van der Waals surface area contributed by atoms with Crippen LogP contribution < -0.4 is 0 Å². The summed E-state index contributed by atoms with van der Waals surface area (Å²) in [5.41, 5.74) is 2.14. The Morgan fingerprint density at radius 1 is 0.955 bits per heavy atom. The van der Waals surface area contributed by atoms with Crippen molar-refractivity contribution in [3.05, 3.63) is 11.8 Å². The lowest BCUT2D eigenvalue weighted by Crippen LogP contribution is -2.54. The number of allylic oxidation sites excluding steroid dienone is 1. The maximum absolute atomic E-state index is 2.50. The smallest absolute Gasteiger partial charge is 0.0978 e. The Hall–Kier alpha value is -0.300. The second-order valence-corrected chi connectivity index (χ2v) is 10.3. The van der Waals surface area contributed by atoms with Crippen molar-refractivity contribution in [1.82, 2.24) is 0 Å². The van der Waals surface area contributed by atoms with Gasteiger partial charge < -0.3 is 0 Å². The first kappa shape index (κ1) is 21.7. The first-order chi connectivity index (χ1) is 9.59. The van der Waals surface area contributed by atoms with E-state index in [-0.39, 0.29) is 5.54 Å². The molecule has 0 saturated carbocycles. The second-order valence-electron chi connectivity index (χ2n) is 10.3. The third kappa shape index (κ3) is 6.86. The molecule has 0 bridgehead atoms. The van der Waals surface area contributed by atoms with E-state index in [1.807, 2.05) is 0 Å². The summed E-state index contributed by atoms with van der Waals surface area (Å²) in [6.07, 6.45) is 5.01. The molecular weight excluding hydrogens is 266 g/mol. The van der Waals surface area contributed by atoms with Crippen molar-refractivity contribution in [3.63, 3.8) is 0 Å². The predicted molar refractivity (Wildman–Crippen MR) is 102 cm³/mol. The summed E-state index contributed by atoms with van der Waals surface area (Å²) in [6.45, 7) is 23.6. The van der Waals surface area contributed by atoms with Gasteiger partial charge in [0.25, 0.3) is 0 Å². The second kappa shape index (κ2) is 7.51. The highest BCUT2D eigenvalue weighted by molar-refractivity contribution is 5.00. The molecule has 0 aliphatic carbocycles. The van der Waals surface area contributed by atoms with Crippen LogP contribution in [0.5, 0.6) is 0 Å². The first-order valence-electron chi connectivity index (χ1n) is 9.12. The molecule has 0 aromatic carbocycles. The summed E-state index contributed by atoms with van der Waals surface area (Å²) >= 11 is 0. The minimum atomic E-state index is 0.239. The molecule has 2 unspecified atom stereocenters. The lowest BCUT2D eigenvalue weighted by atomic mass is 9.79. The summed E-state index contributed by atoms with van der Waals surface area (Å²) in [5, 5.41) is 0. The van der Waals surface area contributed by atoms with E-state index in [0.29, 0.717) is 11.3 Å². The van der Waals surface area contributed by atoms with Gasteiger partial charge in [0.1, 0.15) is 0 Å². The topological polar surface area (TPSA) is 0 Å². The molecule has 0 amide bonds. The molecule has 0 spiro atoms. The molecule has 132 valence electrons. The molecule has 0 heterocycles. The molecule has 0 radical (unpaired) electrons. The molecular formula is C21H44N+. The zero-order chi connectivity index (χ0) is 17.9. The van der Waals surface area contributed by atoms with Crippen molar-refractivity contribution < 1.29 is 4.48 Å². The largest absolute Gasteiger partial charge is 0.298 e. The van der Waals surface area contributed by atoms with Crippen molar-refractivity contribution in [2.24, 2.45) is 23.2 Å². The first-order valence-corrected chi connectivity index (χ1v) is 9.12. The monoisotopic (exact) mass is 310 g/mol. The van der Waals surface area contributed by atoms with Gasteiger partial charge in [-0.15, -0.1) is 0 Å². The van der Waals surface area contributed by atoms with Gasteiger partial charge in [-0.2, -0.15) is 0 Å². The van der Waals surface area contributed by atoms with E-state index >= 15 is 0 Å². The maximum atomic E-state index is 2.50. The molecule has 0 saturated heterocycles. The fourth-order valence-electron chi connectivity index (χ4n) is 3.33. The van der Waals surface area contributed by atoms with Crippen LogP contribution in [-0.4, -0.2) is 24.1 Å². The van der Waals surface area contributed by atoms with Gasteiger partial charge in [0.05, 0.1) is 25.8 Å². The van der Waals surface area contributed by atoms with Crippen LogP contribution in [-0.2, 0) is 0 Å². The molecule has 1 nitrogen and oxygen atoms in total. The van der Waals surface area contributed by atoms with Gasteiger partial charge in [0.2, 0.25) is 0 Å². The van der Waals surface area contributed by atoms with E-state index in [1.54, 1.807) is 5.57 Å². The molecule has 1 heteroatoms. The van der Waals surface area contributed by atoms with Crippen molar-refractivity contribution in [1.29, 1.82) is 0 Å². The third-order valence-electron chi connectivity index (χ3n) is 5.69. The van der Waals surface area contributed by atoms with E-state index < -0.39 is 0 Å². The lowest BCUT2D eigenvalue weighted by molar-refractivity contribution is -0.892. The molecule has 0 aliphatic rings. The van der Waals surface area contributed by atoms with Gasteiger partial charge >= 0.3 is 0 Å². The summed E-state index contributed by atoms with van der Waals surface area (Å²) in [5.74, 6) is 2.23. The normalized spacial score (nSPS) is 17.8. The molecule has 0 rings (SSSR count). The molecule has 0 N–H and O–H groups in total. The summed E-state index contributed by atoms with van der Waals surface area (Å²) in [7, 11) is 4.71. The molecule has 0 fully saturated rings. The van der Waals surface area contributed by atoms with Gasteiger partial charge in [0, 0.05) is 6.42 Å². The van der Waals surface area contributed by atoms with Crippen LogP contribution in [0.25, 0.3) is 0 Å². The highest BCUT2D eigenvalue weighted by Gasteiger charge is 2.39. The average molecular weight is 311 g/mol. The van der Waals surface area contributed by atoms with E-state index in [2.05, 4.69) is 89.5 Å². The molecule has 0 aromatic rings. The zero-order valence-electron chi connectivity index (χ0n) is 17.7. The summed E-state index contributed by atoms with van der Waals surface area (Å²) in [4.78, 5) is 0.